The molecule has 2 saturated heterocycles. The van der Waals surface area contributed by atoms with E-state index in [-0.39, 0.29) is 18.4 Å². The molecule has 2 atom stereocenters. The van der Waals surface area contributed by atoms with Crippen molar-refractivity contribution in [3.8, 4) is 11.1 Å². The lowest BCUT2D eigenvalue weighted by Crippen LogP contribution is -2.51. The quantitative estimate of drug-likeness (QED) is 0.760. The zero-order valence-electron chi connectivity index (χ0n) is 17.5. The van der Waals surface area contributed by atoms with Gasteiger partial charge in [-0.2, -0.15) is 0 Å². The summed E-state index contributed by atoms with van der Waals surface area (Å²) in [5.41, 5.74) is 3.08. The lowest BCUT2D eigenvalue weighted by molar-refractivity contribution is -0.138. The third-order valence-electron chi connectivity index (χ3n) is 5.76. The maximum absolute atomic E-state index is 13.3. The number of carbonyl (C=O) groups is 2. The Morgan fingerprint density at radius 1 is 1.19 bits per heavy atom. The number of rotatable bonds is 4. The van der Waals surface area contributed by atoms with Gasteiger partial charge >= 0.3 is 0 Å². The van der Waals surface area contributed by atoms with Crippen molar-refractivity contribution in [1.82, 2.24) is 14.8 Å². The Kier molecular flexibility index (Phi) is 6.27. The van der Waals surface area contributed by atoms with Crippen molar-refractivity contribution in [3.63, 3.8) is 0 Å². The summed E-state index contributed by atoms with van der Waals surface area (Å²) in [4.78, 5) is 38.7. The van der Waals surface area contributed by atoms with Gasteiger partial charge in [-0.25, -0.2) is 0 Å². The van der Waals surface area contributed by atoms with Gasteiger partial charge < -0.3 is 19.7 Å². The van der Waals surface area contributed by atoms with Crippen LogP contribution in [0.2, 0.25) is 0 Å². The minimum atomic E-state index is -0.648. The van der Waals surface area contributed by atoms with Crippen molar-refractivity contribution in [1.29, 1.82) is 0 Å². The molecule has 1 aromatic carbocycles. The summed E-state index contributed by atoms with van der Waals surface area (Å²) in [6.07, 6.45) is 4.74. The zero-order chi connectivity index (χ0) is 21.8. The molecule has 1 unspecified atom stereocenters. The van der Waals surface area contributed by atoms with Crippen LogP contribution in [0.1, 0.15) is 29.6 Å². The molecule has 0 aliphatic carbocycles. The van der Waals surface area contributed by atoms with Crippen LogP contribution < -0.4 is 0 Å². The average Bonchev–Trinajstić information content (AvgIpc) is 3.23. The smallest absolute Gasteiger partial charge is 0.254 e. The summed E-state index contributed by atoms with van der Waals surface area (Å²) in [6, 6.07) is 10.5. The fourth-order valence-electron chi connectivity index (χ4n) is 4.20. The Bertz CT molecular complexity index is 961. The molecule has 1 aromatic heterocycles. The number of pyridine rings is 1. The summed E-state index contributed by atoms with van der Waals surface area (Å²) in [5, 5.41) is 14.0. The first kappa shape index (κ1) is 21.0. The van der Waals surface area contributed by atoms with Gasteiger partial charge in [-0.3, -0.25) is 14.6 Å². The number of piperidine rings is 1. The summed E-state index contributed by atoms with van der Waals surface area (Å²) in [7, 11) is 1.45. The van der Waals surface area contributed by atoms with Crippen molar-refractivity contribution in [2.45, 2.75) is 31.4 Å². The first-order valence-electron chi connectivity index (χ1n) is 10.4. The molecular weight excluding hydrogens is 396 g/mol. The molecule has 2 aliphatic heterocycles. The van der Waals surface area contributed by atoms with E-state index in [1.165, 1.54) is 7.11 Å². The van der Waals surface area contributed by atoms with Gasteiger partial charge in [0.25, 0.3) is 5.91 Å². The number of amides is 2. The van der Waals surface area contributed by atoms with Crippen LogP contribution in [0.15, 0.2) is 53.9 Å². The lowest BCUT2D eigenvalue weighted by atomic mass is 10.0. The van der Waals surface area contributed by atoms with E-state index in [2.05, 4.69) is 10.1 Å². The van der Waals surface area contributed by atoms with Crippen molar-refractivity contribution in [2.24, 2.45) is 5.16 Å². The van der Waals surface area contributed by atoms with Crippen LogP contribution in [0, 0.1) is 0 Å². The van der Waals surface area contributed by atoms with E-state index in [0.29, 0.717) is 37.2 Å². The molecule has 162 valence electrons. The number of hydrogen-bond acceptors (Lipinski definition) is 6. The largest absolute Gasteiger partial charge is 0.399 e. The minimum absolute atomic E-state index is 0.152. The van der Waals surface area contributed by atoms with Crippen LogP contribution in [0.4, 0.5) is 0 Å². The van der Waals surface area contributed by atoms with E-state index in [4.69, 9.17) is 4.84 Å². The third-order valence-corrected chi connectivity index (χ3v) is 5.76. The van der Waals surface area contributed by atoms with E-state index in [0.717, 1.165) is 17.5 Å². The number of aromatic nitrogens is 1. The predicted octanol–water partition coefficient (Wildman–Crippen LogP) is 1.95. The Morgan fingerprint density at radius 2 is 2.00 bits per heavy atom. The van der Waals surface area contributed by atoms with Gasteiger partial charge in [-0.15, -0.1) is 0 Å². The van der Waals surface area contributed by atoms with E-state index in [1.807, 2.05) is 24.3 Å². The van der Waals surface area contributed by atoms with Crippen molar-refractivity contribution >= 4 is 17.5 Å². The highest BCUT2D eigenvalue weighted by Gasteiger charge is 2.41. The van der Waals surface area contributed by atoms with Gasteiger partial charge in [0, 0.05) is 37.5 Å². The van der Waals surface area contributed by atoms with Gasteiger partial charge in [-0.05, 0) is 42.2 Å². The van der Waals surface area contributed by atoms with Crippen LogP contribution in [-0.4, -0.2) is 76.3 Å². The fourth-order valence-corrected chi connectivity index (χ4v) is 4.20. The Balaban J connectivity index is 1.55. The second-order valence-electron chi connectivity index (χ2n) is 7.89. The molecule has 2 aliphatic rings. The number of hydrogen-bond donors (Lipinski definition) is 1. The monoisotopic (exact) mass is 422 g/mol. The van der Waals surface area contributed by atoms with E-state index in [9.17, 15) is 14.7 Å². The van der Waals surface area contributed by atoms with E-state index < -0.39 is 12.1 Å². The maximum atomic E-state index is 13.3. The second kappa shape index (κ2) is 9.26. The molecule has 8 heteroatoms. The highest BCUT2D eigenvalue weighted by molar-refractivity contribution is 6.05. The molecule has 2 aromatic rings. The number of carbonyl (C=O) groups excluding carboxylic acids is 2. The van der Waals surface area contributed by atoms with Crippen molar-refractivity contribution < 1.29 is 19.5 Å². The van der Waals surface area contributed by atoms with E-state index in [1.54, 1.807) is 34.3 Å². The molecule has 2 amide bonds. The van der Waals surface area contributed by atoms with Crippen molar-refractivity contribution in [2.75, 3.05) is 26.7 Å². The fraction of sp³-hybridized carbons (Fsp3) is 0.391. The number of benzene rings is 1. The molecule has 1 N–H and O–H groups in total. The molecule has 0 saturated carbocycles. The van der Waals surface area contributed by atoms with Crippen LogP contribution in [0.25, 0.3) is 11.1 Å². The highest BCUT2D eigenvalue weighted by atomic mass is 16.6. The molecule has 3 heterocycles. The molecular formula is C23H26N4O4. The second-order valence-corrected chi connectivity index (χ2v) is 7.89. The minimum Gasteiger partial charge on any atom is -0.399 e. The van der Waals surface area contributed by atoms with Crippen LogP contribution in [0.5, 0.6) is 0 Å². The number of likely N-dealkylation sites (tertiary alicyclic amines) is 2. The normalized spacial score (nSPS) is 22.6. The Hall–Kier alpha value is -3.26. The van der Waals surface area contributed by atoms with Crippen LogP contribution >= 0.6 is 0 Å². The van der Waals surface area contributed by atoms with Gasteiger partial charge in [-0.1, -0.05) is 23.4 Å². The van der Waals surface area contributed by atoms with E-state index >= 15 is 0 Å². The van der Waals surface area contributed by atoms with Crippen molar-refractivity contribution in [3.05, 3.63) is 54.4 Å². The number of oxime groups is 1. The van der Waals surface area contributed by atoms with Gasteiger partial charge in [0.15, 0.2) is 0 Å². The average molecular weight is 422 g/mol. The van der Waals surface area contributed by atoms with Crippen LogP contribution in [0.3, 0.4) is 0 Å². The highest BCUT2D eigenvalue weighted by Crippen LogP contribution is 2.24. The molecule has 0 radical (unpaired) electrons. The Labute approximate surface area is 181 Å². The topological polar surface area (TPSA) is 95.3 Å². The predicted molar refractivity (Wildman–Crippen MR) is 115 cm³/mol. The Morgan fingerprint density at radius 3 is 2.68 bits per heavy atom. The first-order valence-corrected chi connectivity index (χ1v) is 10.4. The number of β-amino-alcohol motifs (C(OH)–C–C–N with tert-alkyl or cyclic N) is 1. The SMILES string of the molecule is CON=C1C[C@@H](C(=O)N2CCCC(O)C2)N(C(=O)c2ccc(-c3cccnc3)cc2)C1. The molecule has 0 spiro atoms. The molecule has 31 heavy (non-hydrogen) atoms. The number of aliphatic hydroxyl groups is 1. The summed E-state index contributed by atoms with van der Waals surface area (Å²) >= 11 is 0. The summed E-state index contributed by atoms with van der Waals surface area (Å²) < 4.78 is 0. The van der Waals surface area contributed by atoms with Gasteiger partial charge in [0.2, 0.25) is 5.91 Å². The molecule has 4 rings (SSSR count). The lowest BCUT2D eigenvalue weighted by Gasteiger charge is -2.34. The summed E-state index contributed by atoms with van der Waals surface area (Å²) in [5.74, 6) is -0.379. The molecule has 2 fully saturated rings. The standard InChI is InChI=1S/C23H26N4O4/c1-31-25-19-12-21(23(30)26-11-3-5-20(28)15-26)27(14-19)22(29)17-8-6-16(7-9-17)18-4-2-10-24-13-18/h2,4,6-10,13,20-21,28H,3,5,11-12,14-15H2,1H3/t20?,21-/m0/s1. The number of nitrogens with zero attached hydrogens (tertiary/aromatic N) is 4. The number of aliphatic hydroxyl groups excluding tert-OH is 1. The molecule has 8 nitrogen and oxygen atoms in total. The molecule has 0 bridgehead atoms. The van der Waals surface area contributed by atoms with Gasteiger partial charge in [0.05, 0.1) is 18.4 Å². The van der Waals surface area contributed by atoms with Gasteiger partial charge in [0.1, 0.15) is 13.2 Å². The first-order chi connectivity index (χ1) is 15.1. The zero-order valence-corrected chi connectivity index (χ0v) is 17.5. The summed E-state index contributed by atoms with van der Waals surface area (Å²) in [6.45, 7) is 1.13. The third kappa shape index (κ3) is 4.59. The van der Waals surface area contributed by atoms with Crippen LogP contribution in [-0.2, 0) is 9.63 Å². The maximum Gasteiger partial charge on any atom is 0.254 e.